The summed E-state index contributed by atoms with van der Waals surface area (Å²) in [6.45, 7) is 1.17. The maximum absolute atomic E-state index is 12.3. The van der Waals surface area contributed by atoms with Crippen LogP contribution in [-0.4, -0.2) is 40.1 Å². The third kappa shape index (κ3) is 4.50. The van der Waals surface area contributed by atoms with Crippen LogP contribution in [0.25, 0.3) is 0 Å². The van der Waals surface area contributed by atoms with Crippen molar-refractivity contribution in [3.05, 3.63) is 54.4 Å². The number of hydrogen-bond donors (Lipinski definition) is 2. The number of anilines is 1. The number of carbonyl (C=O) groups is 2. The Morgan fingerprint density at radius 2 is 1.92 bits per heavy atom. The number of piperidine rings is 1. The zero-order valence-corrected chi connectivity index (χ0v) is 14.3. The summed E-state index contributed by atoms with van der Waals surface area (Å²) in [5.74, 6) is -0.438. The number of rotatable bonds is 4. The Hall–Kier alpha value is -3.09. The second-order valence-corrected chi connectivity index (χ2v) is 6.18. The first-order valence-corrected chi connectivity index (χ1v) is 8.53. The Bertz CT molecular complexity index is 758. The van der Waals surface area contributed by atoms with Crippen molar-refractivity contribution in [1.82, 2.24) is 9.88 Å². The van der Waals surface area contributed by atoms with Crippen molar-refractivity contribution >= 4 is 17.7 Å². The molecule has 136 valence electrons. The number of pyridine rings is 1. The van der Waals surface area contributed by atoms with Gasteiger partial charge in [0.15, 0.2) is 5.75 Å². The molecular formula is C19H21N3O4. The molecule has 0 unspecified atom stereocenters. The van der Waals surface area contributed by atoms with Gasteiger partial charge in [0.2, 0.25) is 5.91 Å². The van der Waals surface area contributed by atoms with Crippen LogP contribution in [0.4, 0.5) is 10.5 Å². The van der Waals surface area contributed by atoms with E-state index in [0.29, 0.717) is 31.6 Å². The van der Waals surface area contributed by atoms with E-state index in [4.69, 9.17) is 4.74 Å². The number of amides is 2. The Morgan fingerprint density at radius 3 is 2.62 bits per heavy atom. The van der Waals surface area contributed by atoms with Gasteiger partial charge in [-0.05, 0) is 24.5 Å². The minimum atomic E-state index is -0.362. The van der Waals surface area contributed by atoms with Crippen LogP contribution in [0.15, 0.2) is 48.8 Å². The highest BCUT2D eigenvalue weighted by molar-refractivity contribution is 5.93. The number of ether oxygens (including phenoxy) is 1. The van der Waals surface area contributed by atoms with Gasteiger partial charge in [-0.25, -0.2) is 4.79 Å². The van der Waals surface area contributed by atoms with Gasteiger partial charge in [0.05, 0.1) is 11.9 Å². The van der Waals surface area contributed by atoms with Crippen LogP contribution in [0.5, 0.6) is 5.75 Å². The molecule has 3 rings (SSSR count). The number of benzene rings is 1. The predicted molar refractivity (Wildman–Crippen MR) is 95.5 cm³/mol. The van der Waals surface area contributed by atoms with Crippen LogP contribution in [0.1, 0.15) is 18.4 Å². The van der Waals surface area contributed by atoms with Crippen molar-refractivity contribution in [2.24, 2.45) is 5.92 Å². The van der Waals surface area contributed by atoms with E-state index in [-0.39, 0.29) is 30.3 Å². The molecule has 2 aromatic rings. The van der Waals surface area contributed by atoms with E-state index in [1.165, 1.54) is 12.4 Å². The normalized spacial score (nSPS) is 14.7. The minimum Gasteiger partial charge on any atom is -0.504 e. The fourth-order valence-electron chi connectivity index (χ4n) is 2.86. The van der Waals surface area contributed by atoms with Crippen molar-refractivity contribution in [3.8, 4) is 5.75 Å². The lowest BCUT2D eigenvalue weighted by Gasteiger charge is -2.30. The average molecular weight is 355 g/mol. The summed E-state index contributed by atoms with van der Waals surface area (Å²) in [6, 6.07) is 11.1. The molecule has 1 aliphatic rings. The van der Waals surface area contributed by atoms with E-state index in [2.05, 4.69) is 10.3 Å². The lowest BCUT2D eigenvalue weighted by atomic mass is 9.96. The molecule has 2 amide bonds. The fraction of sp³-hybridized carbons (Fsp3) is 0.316. The van der Waals surface area contributed by atoms with E-state index in [0.717, 1.165) is 5.56 Å². The fourth-order valence-corrected chi connectivity index (χ4v) is 2.86. The molecule has 7 nitrogen and oxygen atoms in total. The summed E-state index contributed by atoms with van der Waals surface area (Å²) in [5.41, 5.74) is 1.28. The van der Waals surface area contributed by atoms with E-state index < -0.39 is 0 Å². The molecule has 26 heavy (non-hydrogen) atoms. The maximum atomic E-state index is 12.3. The Labute approximate surface area is 151 Å². The number of nitrogens with zero attached hydrogens (tertiary/aromatic N) is 2. The van der Waals surface area contributed by atoms with Crippen molar-refractivity contribution in [2.75, 3.05) is 18.4 Å². The summed E-state index contributed by atoms with van der Waals surface area (Å²) in [6.07, 6.45) is 3.53. The molecule has 0 radical (unpaired) electrons. The molecule has 0 spiro atoms. The average Bonchev–Trinajstić information content (AvgIpc) is 2.69. The van der Waals surface area contributed by atoms with Gasteiger partial charge in [-0.2, -0.15) is 0 Å². The van der Waals surface area contributed by atoms with Crippen LogP contribution in [0.2, 0.25) is 0 Å². The van der Waals surface area contributed by atoms with Gasteiger partial charge in [-0.3, -0.25) is 9.78 Å². The van der Waals surface area contributed by atoms with Crippen molar-refractivity contribution in [2.45, 2.75) is 19.4 Å². The number of aromatic nitrogens is 1. The molecule has 1 fully saturated rings. The highest BCUT2D eigenvalue weighted by Crippen LogP contribution is 2.24. The zero-order chi connectivity index (χ0) is 18.4. The minimum absolute atomic E-state index is 0.0669. The summed E-state index contributed by atoms with van der Waals surface area (Å²) in [7, 11) is 0. The SMILES string of the molecule is O=C(Nc1ccncc1O)C1CCN(C(=O)OCc2ccccc2)CC1. The first-order valence-electron chi connectivity index (χ1n) is 8.53. The topological polar surface area (TPSA) is 91.8 Å². The summed E-state index contributed by atoms with van der Waals surface area (Å²) >= 11 is 0. The second kappa shape index (κ2) is 8.33. The molecule has 2 N–H and O–H groups in total. The monoisotopic (exact) mass is 355 g/mol. The molecule has 1 saturated heterocycles. The third-order valence-corrected chi connectivity index (χ3v) is 4.39. The highest BCUT2D eigenvalue weighted by Gasteiger charge is 2.28. The van der Waals surface area contributed by atoms with Gasteiger partial charge in [0, 0.05) is 25.2 Å². The lowest BCUT2D eigenvalue weighted by molar-refractivity contribution is -0.121. The Balaban J connectivity index is 1.45. The lowest BCUT2D eigenvalue weighted by Crippen LogP contribution is -2.41. The van der Waals surface area contributed by atoms with Crippen molar-refractivity contribution in [1.29, 1.82) is 0 Å². The van der Waals surface area contributed by atoms with Crippen LogP contribution in [-0.2, 0) is 16.1 Å². The highest BCUT2D eigenvalue weighted by atomic mass is 16.6. The summed E-state index contributed by atoms with van der Waals surface area (Å²) in [4.78, 5) is 29.9. The molecular weight excluding hydrogens is 334 g/mol. The second-order valence-electron chi connectivity index (χ2n) is 6.18. The van der Waals surface area contributed by atoms with Crippen LogP contribution in [0.3, 0.4) is 0 Å². The van der Waals surface area contributed by atoms with Gasteiger partial charge in [-0.1, -0.05) is 30.3 Å². The molecule has 0 aliphatic carbocycles. The van der Waals surface area contributed by atoms with E-state index in [1.54, 1.807) is 11.0 Å². The number of aromatic hydroxyl groups is 1. The van der Waals surface area contributed by atoms with Crippen molar-refractivity contribution in [3.63, 3.8) is 0 Å². The number of hydrogen-bond acceptors (Lipinski definition) is 5. The van der Waals surface area contributed by atoms with Gasteiger partial charge in [0.1, 0.15) is 6.61 Å². The maximum Gasteiger partial charge on any atom is 0.410 e. The molecule has 0 saturated carbocycles. The van der Waals surface area contributed by atoms with Gasteiger partial charge in [-0.15, -0.1) is 0 Å². The molecule has 0 atom stereocenters. The number of likely N-dealkylation sites (tertiary alicyclic amines) is 1. The molecule has 7 heteroatoms. The Morgan fingerprint density at radius 1 is 1.19 bits per heavy atom. The molecule has 1 aromatic carbocycles. The third-order valence-electron chi connectivity index (χ3n) is 4.39. The van der Waals surface area contributed by atoms with E-state index in [9.17, 15) is 14.7 Å². The van der Waals surface area contributed by atoms with Crippen LogP contribution in [0, 0.1) is 5.92 Å². The Kier molecular flexibility index (Phi) is 5.68. The smallest absolute Gasteiger partial charge is 0.410 e. The largest absolute Gasteiger partial charge is 0.504 e. The van der Waals surface area contributed by atoms with Crippen LogP contribution < -0.4 is 5.32 Å². The first-order chi connectivity index (χ1) is 12.6. The van der Waals surface area contributed by atoms with Crippen molar-refractivity contribution < 1.29 is 19.4 Å². The van der Waals surface area contributed by atoms with E-state index in [1.807, 2.05) is 30.3 Å². The summed E-state index contributed by atoms with van der Waals surface area (Å²) in [5, 5.41) is 12.4. The molecule has 1 aromatic heterocycles. The van der Waals surface area contributed by atoms with Gasteiger partial charge >= 0.3 is 6.09 Å². The van der Waals surface area contributed by atoms with Crippen LogP contribution >= 0.6 is 0 Å². The standard InChI is InChI=1S/C19H21N3O4/c23-17-12-20-9-6-16(17)21-18(24)15-7-10-22(11-8-15)19(25)26-13-14-4-2-1-3-5-14/h1-6,9,12,15,23H,7-8,10-11,13H2,(H,20,21,24). The number of nitrogens with one attached hydrogen (secondary N) is 1. The first kappa shape index (κ1) is 17.7. The van der Waals surface area contributed by atoms with Gasteiger partial charge in [0.25, 0.3) is 0 Å². The molecule has 0 bridgehead atoms. The number of carbonyl (C=O) groups excluding carboxylic acids is 2. The van der Waals surface area contributed by atoms with Gasteiger partial charge < -0.3 is 20.1 Å². The quantitative estimate of drug-likeness (QED) is 0.880. The molecule has 1 aliphatic heterocycles. The summed E-state index contributed by atoms with van der Waals surface area (Å²) < 4.78 is 5.32. The van der Waals surface area contributed by atoms with E-state index >= 15 is 0 Å². The predicted octanol–water partition coefficient (Wildman–Crippen LogP) is 2.77. The molecule has 2 heterocycles. The zero-order valence-electron chi connectivity index (χ0n) is 14.3.